The second-order valence-corrected chi connectivity index (χ2v) is 6.99. The van der Waals surface area contributed by atoms with Crippen LogP contribution >= 0.6 is 23.2 Å². The number of esters is 1. The van der Waals surface area contributed by atoms with Crippen molar-refractivity contribution < 1.29 is 14.3 Å². The molecule has 0 aliphatic carbocycles. The van der Waals surface area contributed by atoms with Gasteiger partial charge in [-0.1, -0.05) is 40.9 Å². The summed E-state index contributed by atoms with van der Waals surface area (Å²) in [5.41, 5.74) is 4.92. The number of ether oxygens (including phenoxy) is 1. The topological polar surface area (TPSA) is 67.8 Å². The fourth-order valence-corrected chi connectivity index (χ4v) is 2.87. The number of hydrazone groups is 1. The van der Waals surface area contributed by atoms with E-state index in [2.05, 4.69) is 10.5 Å². The molecular formula is C22H16Cl2N2O3. The monoisotopic (exact) mass is 426 g/mol. The Morgan fingerprint density at radius 3 is 2.31 bits per heavy atom. The zero-order chi connectivity index (χ0) is 20.8. The molecule has 0 heterocycles. The minimum Gasteiger partial charge on any atom is -0.423 e. The van der Waals surface area contributed by atoms with E-state index in [4.69, 9.17) is 27.9 Å². The summed E-state index contributed by atoms with van der Waals surface area (Å²) in [6.07, 6.45) is 1.47. The molecule has 29 heavy (non-hydrogen) atoms. The van der Waals surface area contributed by atoms with Gasteiger partial charge in [0.2, 0.25) is 0 Å². The van der Waals surface area contributed by atoms with Crippen LogP contribution < -0.4 is 10.2 Å². The lowest BCUT2D eigenvalue weighted by atomic mass is 10.1. The predicted molar refractivity (Wildman–Crippen MR) is 114 cm³/mol. The van der Waals surface area contributed by atoms with E-state index in [1.165, 1.54) is 18.3 Å². The molecule has 7 heteroatoms. The molecule has 0 aliphatic heterocycles. The molecule has 3 rings (SSSR count). The van der Waals surface area contributed by atoms with Gasteiger partial charge in [-0.25, -0.2) is 10.2 Å². The second kappa shape index (κ2) is 9.37. The smallest absolute Gasteiger partial charge is 0.343 e. The third-order valence-corrected chi connectivity index (χ3v) is 4.48. The fourth-order valence-electron chi connectivity index (χ4n) is 2.38. The van der Waals surface area contributed by atoms with E-state index in [9.17, 15) is 9.59 Å². The third-order valence-electron chi connectivity index (χ3n) is 3.93. The van der Waals surface area contributed by atoms with Crippen LogP contribution in [0.2, 0.25) is 10.0 Å². The standard InChI is InChI=1S/C22H16Cl2N2O3/c1-14-2-6-16(7-3-14)22(28)29-18-9-4-15(5-10-18)13-25-26-21(27)19-11-8-17(23)12-20(19)24/h2-13H,1H3,(H,26,27)/b25-13+. The lowest BCUT2D eigenvalue weighted by Gasteiger charge is -2.05. The second-order valence-electron chi connectivity index (χ2n) is 6.15. The van der Waals surface area contributed by atoms with Crippen molar-refractivity contribution in [3.8, 4) is 5.75 Å². The summed E-state index contributed by atoms with van der Waals surface area (Å²) in [6, 6.07) is 18.4. The molecule has 0 bridgehead atoms. The van der Waals surface area contributed by atoms with Crippen LogP contribution in [-0.2, 0) is 0 Å². The Morgan fingerprint density at radius 2 is 1.66 bits per heavy atom. The number of rotatable bonds is 5. The molecule has 0 aromatic heterocycles. The minimum absolute atomic E-state index is 0.241. The van der Waals surface area contributed by atoms with Gasteiger partial charge in [0.25, 0.3) is 5.91 Å². The summed E-state index contributed by atoms with van der Waals surface area (Å²) in [5, 5.41) is 4.59. The van der Waals surface area contributed by atoms with E-state index in [1.54, 1.807) is 42.5 Å². The van der Waals surface area contributed by atoms with E-state index < -0.39 is 11.9 Å². The molecule has 0 fully saturated rings. The Labute approximate surface area is 177 Å². The maximum absolute atomic E-state index is 12.1. The number of nitrogens with zero attached hydrogens (tertiary/aromatic N) is 1. The Bertz CT molecular complexity index is 1060. The highest BCUT2D eigenvalue weighted by molar-refractivity contribution is 6.36. The maximum Gasteiger partial charge on any atom is 0.343 e. The zero-order valence-electron chi connectivity index (χ0n) is 15.4. The number of carbonyl (C=O) groups is 2. The van der Waals surface area contributed by atoms with Crippen molar-refractivity contribution in [3.05, 3.63) is 99.0 Å². The Morgan fingerprint density at radius 1 is 0.966 bits per heavy atom. The number of carbonyl (C=O) groups excluding carboxylic acids is 2. The lowest BCUT2D eigenvalue weighted by Crippen LogP contribution is -2.18. The molecule has 0 unspecified atom stereocenters. The first-order chi connectivity index (χ1) is 13.9. The molecule has 3 aromatic carbocycles. The van der Waals surface area contributed by atoms with E-state index in [1.807, 2.05) is 19.1 Å². The number of hydrogen-bond donors (Lipinski definition) is 1. The quantitative estimate of drug-likeness (QED) is 0.261. The highest BCUT2D eigenvalue weighted by Gasteiger charge is 2.10. The summed E-state index contributed by atoms with van der Waals surface area (Å²) in [5.74, 6) is -0.477. The largest absolute Gasteiger partial charge is 0.423 e. The van der Waals surface area contributed by atoms with Crippen molar-refractivity contribution in [1.82, 2.24) is 5.43 Å². The summed E-state index contributed by atoms with van der Waals surface area (Å²) in [4.78, 5) is 24.2. The molecule has 0 radical (unpaired) electrons. The van der Waals surface area contributed by atoms with E-state index in [0.29, 0.717) is 21.9 Å². The van der Waals surface area contributed by atoms with E-state index in [-0.39, 0.29) is 10.6 Å². The minimum atomic E-state index is -0.452. The van der Waals surface area contributed by atoms with Crippen LogP contribution in [0.5, 0.6) is 5.75 Å². The zero-order valence-corrected chi connectivity index (χ0v) is 16.9. The Balaban J connectivity index is 1.57. The van der Waals surface area contributed by atoms with Gasteiger partial charge in [-0.2, -0.15) is 5.10 Å². The number of hydrogen-bond acceptors (Lipinski definition) is 4. The molecule has 3 aromatic rings. The average Bonchev–Trinajstić information content (AvgIpc) is 2.69. The number of nitrogens with one attached hydrogen (secondary N) is 1. The van der Waals surface area contributed by atoms with Crippen molar-refractivity contribution in [1.29, 1.82) is 0 Å². The Hall–Kier alpha value is -3.15. The molecule has 0 atom stereocenters. The van der Waals surface area contributed by atoms with Crippen LogP contribution in [0.4, 0.5) is 0 Å². The van der Waals surface area contributed by atoms with Gasteiger partial charge in [0.1, 0.15) is 5.75 Å². The molecule has 1 N–H and O–H groups in total. The van der Waals surface area contributed by atoms with Crippen LogP contribution in [0.15, 0.2) is 71.8 Å². The fraction of sp³-hybridized carbons (Fsp3) is 0.0455. The van der Waals surface area contributed by atoms with E-state index in [0.717, 1.165) is 5.56 Å². The number of amides is 1. The maximum atomic E-state index is 12.1. The van der Waals surface area contributed by atoms with Crippen LogP contribution in [0.1, 0.15) is 31.8 Å². The first-order valence-electron chi connectivity index (χ1n) is 8.60. The van der Waals surface area contributed by atoms with Crippen LogP contribution in [0.3, 0.4) is 0 Å². The molecule has 1 amide bonds. The van der Waals surface area contributed by atoms with Crippen LogP contribution in [0.25, 0.3) is 0 Å². The normalized spacial score (nSPS) is 10.7. The molecule has 146 valence electrons. The highest BCUT2D eigenvalue weighted by Crippen LogP contribution is 2.20. The summed E-state index contributed by atoms with van der Waals surface area (Å²) >= 11 is 11.8. The van der Waals surface area contributed by atoms with Gasteiger partial charge >= 0.3 is 5.97 Å². The summed E-state index contributed by atoms with van der Waals surface area (Å²) in [6.45, 7) is 1.95. The third kappa shape index (κ3) is 5.67. The van der Waals surface area contributed by atoms with Crippen molar-refractivity contribution in [3.63, 3.8) is 0 Å². The van der Waals surface area contributed by atoms with Gasteiger partial charge in [0.15, 0.2) is 0 Å². The molecular weight excluding hydrogens is 411 g/mol. The summed E-state index contributed by atoms with van der Waals surface area (Å²) in [7, 11) is 0. The molecule has 5 nitrogen and oxygen atoms in total. The number of aryl methyl sites for hydroxylation is 1. The van der Waals surface area contributed by atoms with Crippen LogP contribution in [0, 0.1) is 6.92 Å². The predicted octanol–water partition coefficient (Wildman–Crippen LogP) is 5.28. The molecule has 0 spiro atoms. The molecule has 0 aliphatic rings. The number of halogens is 2. The Kier molecular flexibility index (Phi) is 6.65. The van der Waals surface area contributed by atoms with Gasteiger partial charge in [-0.05, 0) is 67.1 Å². The van der Waals surface area contributed by atoms with Crippen molar-refractivity contribution in [2.75, 3.05) is 0 Å². The van der Waals surface area contributed by atoms with Crippen LogP contribution in [-0.4, -0.2) is 18.1 Å². The first-order valence-corrected chi connectivity index (χ1v) is 9.35. The van der Waals surface area contributed by atoms with Gasteiger partial charge in [0, 0.05) is 5.02 Å². The first kappa shape index (κ1) is 20.6. The SMILES string of the molecule is Cc1ccc(C(=O)Oc2ccc(/C=N/NC(=O)c3ccc(Cl)cc3Cl)cc2)cc1. The van der Waals surface area contributed by atoms with Gasteiger partial charge in [-0.15, -0.1) is 0 Å². The summed E-state index contributed by atoms with van der Waals surface area (Å²) < 4.78 is 5.34. The van der Waals surface area contributed by atoms with E-state index >= 15 is 0 Å². The van der Waals surface area contributed by atoms with Gasteiger partial charge < -0.3 is 4.74 Å². The molecule has 0 saturated heterocycles. The van der Waals surface area contributed by atoms with Gasteiger partial charge in [0.05, 0.1) is 22.4 Å². The number of benzene rings is 3. The van der Waals surface area contributed by atoms with Crippen molar-refractivity contribution >= 4 is 41.3 Å². The van der Waals surface area contributed by atoms with Crippen molar-refractivity contribution in [2.24, 2.45) is 5.10 Å². The highest BCUT2D eigenvalue weighted by atomic mass is 35.5. The molecule has 0 saturated carbocycles. The average molecular weight is 427 g/mol. The van der Waals surface area contributed by atoms with Gasteiger partial charge in [-0.3, -0.25) is 4.79 Å². The van der Waals surface area contributed by atoms with Crippen molar-refractivity contribution in [2.45, 2.75) is 6.92 Å². The lowest BCUT2D eigenvalue weighted by molar-refractivity contribution is 0.0734.